The summed E-state index contributed by atoms with van der Waals surface area (Å²) < 4.78 is 20.9. The van der Waals surface area contributed by atoms with Crippen molar-refractivity contribution in [3.8, 4) is 17.3 Å². The first-order valence-electron chi connectivity index (χ1n) is 10.3. The van der Waals surface area contributed by atoms with E-state index >= 15 is 0 Å². The smallest absolute Gasteiger partial charge is 0.415 e. The highest BCUT2D eigenvalue weighted by atomic mass is 32.1. The SMILES string of the molecule is C[C@]1(CN2CCCc3nc(-c4ccc(F)cc4)ccc3C2)Cn2cc([N+](=O)[O-])nc2O1.S. The molecule has 0 radical (unpaired) electrons. The van der Waals surface area contributed by atoms with Gasteiger partial charge in [0.2, 0.25) is 0 Å². The third-order valence-corrected chi connectivity index (χ3v) is 5.81. The molecule has 0 bridgehead atoms. The van der Waals surface area contributed by atoms with Gasteiger partial charge in [0.25, 0.3) is 0 Å². The number of aryl methyl sites for hydroxylation is 1. The lowest BCUT2D eigenvalue weighted by Gasteiger charge is -2.30. The average Bonchev–Trinajstić information content (AvgIpc) is 3.16. The predicted molar refractivity (Wildman–Crippen MR) is 122 cm³/mol. The van der Waals surface area contributed by atoms with Crippen molar-refractivity contribution < 1.29 is 14.1 Å². The maximum atomic E-state index is 13.2. The highest BCUT2D eigenvalue weighted by Crippen LogP contribution is 2.32. The van der Waals surface area contributed by atoms with Gasteiger partial charge < -0.3 is 14.9 Å². The Balaban J connectivity index is 0.00000245. The number of nitrogens with zero attached hydrogens (tertiary/aromatic N) is 5. The van der Waals surface area contributed by atoms with Gasteiger partial charge >= 0.3 is 11.8 Å². The van der Waals surface area contributed by atoms with Crippen molar-refractivity contribution >= 4 is 19.3 Å². The number of fused-ring (bicyclic) bond motifs is 2. The summed E-state index contributed by atoms with van der Waals surface area (Å²) in [5, 5.41) is 10.9. The van der Waals surface area contributed by atoms with Crippen LogP contribution in [0.3, 0.4) is 0 Å². The number of halogens is 1. The summed E-state index contributed by atoms with van der Waals surface area (Å²) in [4.78, 5) is 21.6. The minimum atomic E-state index is -0.509. The zero-order chi connectivity index (χ0) is 21.6. The molecule has 2 aromatic heterocycles. The number of benzene rings is 1. The molecule has 0 aliphatic carbocycles. The molecule has 8 nitrogen and oxygen atoms in total. The van der Waals surface area contributed by atoms with Crippen LogP contribution in [0.5, 0.6) is 6.01 Å². The number of aromatic nitrogens is 3. The van der Waals surface area contributed by atoms with E-state index in [1.54, 1.807) is 16.7 Å². The minimum absolute atomic E-state index is 0. The number of hydrogen-bond donors (Lipinski definition) is 0. The first kappa shape index (κ1) is 22.2. The Morgan fingerprint density at radius 3 is 2.72 bits per heavy atom. The number of imidazole rings is 1. The summed E-state index contributed by atoms with van der Waals surface area (Å²) in [6.07, 6.45) is 3.28. The third-order valence-electron chi connectivity index (χ3n) is 5.81. The number of ether oxygens (including phenoxy) is 1. The largest absolute Gasteiger partial charge is 0.436 e. The van der Waals surface area contributed by atoms with Crippen molar-refractivity contribution in [2.24, 2.45) is 0 Å². The molecular weight excluding hydrogens is 433 g/mol. The van der Waals surface area contributed by atoms with Crippen LogP contribution in [0.4, 0.5) is 10.2 Å². The summed E-state index contributed by atoms with van der Waals surface area (Å²) >= 11 is 0. The summed E-state index contributed by atoms with van der Waals surface area (Å²) in [5.41, 5.74) is 3.51. The fourth-order valence-electron chi connectivity index (χ4n) is 4.43. The summed E-state index contributed by atoms with van der Waals surface area (Å²) in [6.45, 7) is 4.88. The van der Waals surface area contributed by atoms with Crippen molar-refractivity contribution in [1.29, 1.82) is 0 Å². The zero-order valence-corrected chi connectivity index (χ0v) is 18.6. The van der Waals surface area contributed by atoms with Gasteiger partial charge in [0.15, 0.2) is 0 Å². The number of pyridine rings is 1. The molecule has 0 fully saturated rings. The molecule has 5 rings (SSSR count). The molecule has 2 aliphatic heterocycles. The molecule has 168 valence electrons. The molecule has 0 spiro atoms. The van der Waals surface area contributed by atoms with Gasteiger partial charge in [0.1, 0.15) is 17.6 Å². The van der Waals surface area contributed by atoms with E-state index in [1.807, 2.05) is 13.0 Å². The molecule has 0 unspecified atom stereocenters. The lowest BCUT2D eigenvalue weighted by atomic mass is 10.1. The van der Waals surface area contributed by atoms with Gasteiger partial charge in [-0.1, -0.05) is 6.07 Å². The Hall–Kier alpha value is -2.98. The van der Waals surface area contributed by atoms with Crippen molar-refractivity contribution in [2.75, 3.05) is 13.1 Å². The first-order valence-corrected chi connectivity index (χ1v) is 10.3. The Bertz CT molecular complexity index is 1130. The quantitative estimate of drug-likeness (QED) is 0.439. The van der Waals surface area contributed by atoms with Gasteiger partial charge in [-0.15, -0.1) is 0 Å². The summed E-state index contributed by atoms with van der Waals surface area (Å²) in [7, 11) is 0. The third kappa shape index (κ3) is 4.33. The first-order chi connectivity index (χ1) is 14.9. The molecule has 10 heteroatoms. The van der Waals surface area contributed by atoms with Crippen molar-refractivity contribution in [2.45, 2.75) is 38.5 Å². The Morgan fingerprint density at radius 1 is 1.22 bits per heavy atom. The van der Waals surface area contributed by atoms with E-state index in [0.29, 0.717) is 19.1 Å². The molecule has 0 amide bonds. The second kappa shape index (κ2) is 8.51. The number of hydrogen-bond acceptors (Lipinski definition) is 6. The van der Waals surface area contributed by atoms with Crippen LogP contribution < -0.4 is 4.74 Å². The summed E-state index contributed by atoms with van der Waals surface area (Å²) in [5.74, 6) is -0.447. The monoisotopic (exact) mass is 457 g/mol. The highest BCUT2D eigenvalue weighted by molar-refractivity contribution is 7.59. The molecule has 1 aromatic carbocycles. The van der Waals surface area contributed by atoms with Gasteiger partial charge in [0.05, 0.1) is 12.2 Å². The van der Waals surface area contributed by atoms with Gasteiger partial charge in [-0.25, -0.2) is 4.39 Å². The Labute approximate surface area is 191 Å². The van der Waals surface area contributed by atoms with E-state index in [-0.39, 0.29) is 25.1 Å². The van der Waals surface area contributed by atoms with E-state index in [2.05, 4.69) is 16.0 Å². The fraction of sp³-hybridized carbons (Fsp3) is 0.364. The van der Waals surface area contributed by atoms with Crippen LogP contribution in [0.25, 0.3) is 11.3 Å². The normalized spacial score (nSPS) is 19.9. The van der Waals surface area contributed by atoms with E-state index < -0.39 is 10.5 Å². The molecular formula is C22H24FN5O3S. The Kier molecular flexibility index (Phi) is 5.91. The van der Waals surface area contributed by atoms with E-state index in [0.717, 1.165) is 42.9 Å². The Morgan fingerprint density at radius 2 is 2.00 bits per heavy atom. The maximum Gasteiger partial charge on any atom is 0.415 e. The lowest BCUT2D eigenvalue weighted by molar-refractivity contribution is -0.389. The predicted octanol–water partition coefficient (Wildman–Crippen LogP) is 3.70. The van der Waals surface area contributed by atoms with Crippen molar-refractivity contribution in [1.82, 2.24) is 19.4 Å². The molecule has 2 aliphatic rings. The molecule has 3 aromatic rings. The van der Waals surface area contributed by atoms with Crippen LogP contribution in [-0.2, 0) is 19.5 Å². The van der Waals surface area contributed by atoms with Crippen LogP contribution in [-0.4, -0.2) is 43.0 Å². The van der Waals surface area contributed by atoms with Gasteiger partial charge in [0, 0.05) is 29.3 Å². The fourth-order valence-corrected chi connectivity index (χ4v) is 4.43. The van der Waals surface area contributed by atoms with Gasteiger partial charge in [-0.2, -0.15) is 13.5 Å². The highest BCUT2D eigenvalue weighted by Gasteiger charge is 2.41. The topological polar surface area (TPSA) is 86.3 Å². The van der Waals surface area contributed by atoms with E-state index in [4.69, 9.17) is 9.72 Å². The molecule has 4 heterocycles. The summed E-state index contributed by atoms with van der Waals surface area (Å²) in [6, 6.07) is 10.8. The van der Waals surface area contributed by atoms with Crippen molar-refractivity contribution in [3.05, 3.63) is 69.8 Å². The molecule has 0 N–H and O–H groups in total. The zero-order valence-electron chi connectivity index (χ0n) is 17.6. The molecule has 0 saturated carbocycles. The molecule has 0 saturated heterocycles. The van der Waals surface area contributed by atoms with Crippen molar-refractivity contribution in [3.63, 3.8) is 0 Å². The lowest BCUT2D eigenvalue weighted by Crippen LogP contribution is -2.44. The second-order valence-electron chi connectivity index (χ2n) is 8.44. The molecule has 1 atom stereocenters. The average molecular weight is 458 g/mol. The van der Waals surface area contributed by atoms with E-state index in [1.165, 1.54) is 23.9 Å². The van der Waals surface area contributed by atoms with Gasteiger partial charge in [-0.05, 0) is 67.1 Å². The number of rotatable bonds is 4. The minimum Gasteiger partial charge on any atom is -0.436 e. The maximum absolute atomic E-state index is 13.2. The van der Waals surface area contributed by atoms with Crippen LogP contribution in [0, 0.1) is 15.9 Å². The van der Waals surface area contributed by atoms with Crippen LogP contribution in [0.15, 0.2) is 42.6 Å². The van der Waals surface area contributed by atoms with Crippen LogP contribution in [0.2, 0.25) is 0 Å². The standard InChI is InChI=1S/C22H22FN5O3.H2S/c1-22(14-27-12-20(28(29)30)25-21(27)31-22)13-26-10-2-3-18-16(11-26)6-9-19(24-18)15-4-7-17(23)8-5-15;/h4-9,12H,2-3,10-11,13-14H2,1H3;1H2/t22-;/m0./s1. The van der Waals surface area contributed by atoms with Gasteiger partial charge in [-0.3, -0.25) is 14.5 Å². The van der Waals surface area contributed by atoms with E-state index in [9.17, 15) is 14.5 Å². The van der Waals surface area contributed by atoms with Crippen LogP contribution >= 0.6 is 13.5 Å². The molecule has 32 heavy (non-hydrogen) atoms. The van der Waals surface area contributed by atoms with Crippen LogP contribution in [0.1, 0.15) is 24.6 Å². The number of nitro groups is 1. The second-order valence-corrected chi connectivity index (χ2v) is 8.44.